The fraction of sp³-hybridized carbons (Fsp3) is 0.562. The average Bonchev–Trinajstić information content (AvgIpc) is 3.24. The van der Waals surface area contributed by atoms with Gasteiger partial charge in [0.1, 0.15) is 0 Å². The highest BCUT2D eigenvalue weighted by molar-refractivity contribution is 5.77. The van der Waals surface area contributed by atoms with Crippen LogP contribution in [0.2, 0.25) is 0 Å². The molecule has 3 heteroatoms. The second kappa shape index (κ2) is 5.74. The van der Waals surface area contributed by atoms with E-state index in [1.807, 2.05) is 18.2 Å². The van der Waals surface area contributed by atoms with Crippen LogP contribution in [-0.2, 0) is 4.79 Å². The van der Waals surface area contributed by atoms with Gasteiger partial charge in [-0.1, -0.05) is 37.3 Å². The van der Waals surface area contributed by atoms with Gasteiger partial charge in [-0.3, -0.25) is 4.79 Å². The third kappa shape index (κ3) is 3.57. The molecule has 0 spiro atoms. The number of carbonyl (C=O) groups excluding carboxylic acids is 1. The van der Waals surface area contributed by atoms with E-state index in [9.17, 15) is 4.79 Å². The van der Waals surface area contributed by atoms with E-state index in [0.29, 0.717) is 18.9 Å². The number of nitrogens with one attached hydrogen (secondary N) is 1. The van der Waals surface area contributed by atoms with Gasteiger partial charge >= 0.3 is 0 Å². The van der Waals surface area contributed by atoms with Crippen LogP contribution in [0, 0.1) is 5.92 Å². The van der Waals surface area contributed by atoms with Gasteiger partial charge in [0.2, 0.25) is 5.91 Å². The van der Waals surface area contributed by atoms with Crippen molar-refractivity contribution in [1.29, 1.82) is 0 Å². The van der Waals surface area contributed by atoms with Crippen molar-refractivity contribution < 1.29 is 4.79 Å². The summed E-state index contributed by atoms with van der Waals surface area (Å²) in [4.78, 5) is 12.2. The van der Waals surface area contributed by atoms with Crippen LogP contribution in [0.4, 0.5) is 0 Å². The lowest BCUT2D eigenvalue weighted by molar-refractivity contribution is -0.123. The fourth-order valence-electron chi connectivity index (χ4n) is 2.59. The highest BCUT2D eigenvalue weighted by Crippen LogP contribution is 2.39. The molecule has 3 nitrogen and oxygen atoms in total. The number of hydrogen-bond acceptors (Lipinski definition) is 2. The molecule has 2 rings (SSSR count). The van der Waals surface area contributed by atoms with Crippen LogP contribution in [0.3, 0.4) is 0 Å². The predicted octanol–water partition coefficient (Wildman–Crippen LogP) is 2.42. The number of nitrogens with two attached hydrogens (primary N) is 1. The van der Waals surface area contributed by atoms with E-state index in [0.717, 1.165) is 0 Å². The van der Waals surface area contributed by atoms with Gasteiger partial charge in [-0.05, 0) is 37.2 Å². The molecule has 1 saturated carbocycles. The minimum absolute atomic E-state index is 0.108. The Balaban J connectivity index is 1.90. The number of carbonyl (C=O) groups is 1. The highest BCUT2D eigenvalue weighted by Gasteiger charge is 2.41. The largest absolute Gasteiger partial charge is 0.349 e. The molecule has 1 aromatic carbocycles. The van der Waals surface area contributed by atoms with Crippen molar-refractivity contribution in [3.8, 4) is 0 Å². The van der Waals surface area contributed by atoms with Crippen molar-refractivity contribution in [1.82, 2.24) is 5.32 Å². The van der Waals surface area contributed by atoms with Crippen LogP contribution in [0.5, 0.6) is 0 Å². The fourth-order valence-corrected chi connectivity index (χ4v) is 2.59. The second-order valence-corrected chi connectivity index (χ2v) is 5.96. The van der Waals surface area contributed by atoms with Gasteiger partial charge in [-0.2, -0.15) is 0 Å². The van der Waals surface area contributed by atoms with E-state index in [1.165, 1.54) is 18.4 Å². The summed E-state index contributed by atoms with van der Waals surface area (Å²) >= 11 is 0. The lowest BCUT2D eigenvalue weighted by Gasteiger charge is -2.30. The lowest BCUT2D eigenvalue weighted by Crippen LogP contribution is -2.53. The number of hydrogen-bond donors (Lipinski definition) is 2. The first-order valence-corrected chi connectivity index (χ1v) is 7.11. The van der Waals surface area contributed by atoms with Crippen LogP contribution >= 0.6 is 0 Å². The third-order valence-corrected chi connectivity index (χ3v) is 4.19. The van der Waals surface area contributed by atoms with Crippen LogP contribution in [0.1, 0.15) is 44.6 Å². The van der Waals surface area contributed by atoms with Gasteiger partial charge in [0, 0.05) is 13.0 Å². The first-order valence-electron chi connectivity index (χ1n) is 7.11. The molecule has 2 unspecified atom stereocenters. The molecule has 19 heavy (non-hydrogen) atoms. The second-order valence-electron chi connectivity index (χ2n) is 5.96. The minimum Gasteiger partial charge on any atom is -0.349 e. The maximum absolute atomic E-state index is 12.2. The Labute approximate surface area is 115 Å². The molecule has 0 saturated heterocycles. The first kappa shape index (κ1) is 14.1. The summed E-state index contributed by atoms with van der Waals surface area (Å²) in [6.45, 7) is 4.67. The van der Waals surface area contributed by atoms with Crippen molar-refractivity contribution in [3.63, 3.8) is 0 Å². The van der Waals surface area contributed by atoms with Gasteiger partial charge in [0.05, 0.1) is 5.54 Å². The summed E-state index contributed by atoms with van der Waals surface area (Å²) in [5.74, 6) is 0.909. The molecule has 0 aromatic heterocycles. The molecule has 104 valence electrons. The average molecular weight is 260 g/mol. The van der Waals surface area contributed by atoms with E-state index in [2.05, 4.69) is 31.3 Å². The van der Waals surface area contributed by atoms with E-state index >= 15 is 0 Å². The van der Waals surface area contributed by atoms with E-state index in [1.54, 1.807) is 0 Å². The Morgan fingerprint density at radius 3 is 2.58 bits per heavy atom. The molecular weight excluding hydrogens is 236 g/mol. The molecule has 2 atom stereocenters. The zero-order valence-corrected chi connectivity index (χ0v) is 11.9. The van der Waals surface area contributed by atoms with Gasteiger partial charge < -0.3 is 11.1 Å². The summed E-state index contributed by atoms with van der Waals surface area (Å²) < 4.78 is 0. The Morgan fingerprint density at radius 2 is 2.05 bits per heavy atom. The first-order chi connectivity index (χ1) is 9.05. The van der Waals surface area contributed by atoms with Crippen molar-refractivity contribution in [2.45, 2.75) is 44.6 Å². The SMILES string of the molecule is CC(CC(=O)NC(C)(CN)C1CC1)c1ccccc1. The van der Waals surface area contributed by atoms with Crippen molar-refractivity contribution >= 4 is 5.91 Å². The molecule has 0 heterocycles. The van der Waals surface area contributed by atoms with E-state index < -0.39 is 0 Å². The van der Waals surface area contributed by atoms with Crippen LogP contribution < -0.4 is 11.1 Å². The maximum Gasteiger partial charge on any atom is 0.221 e. The van der Waals surface area contributed by atoms with Crippen molar-refractivity contribution in [2.75, 3.05) is 6.54 Å². The van der Waals surface area contributed by atoms with Crippen LogP contribution in [0.25, 0.3) is 0 Å². The molecule has 1 fully saturated rings. The Hall–Kier alpha value is -1.35. The van der Waals surface area contributed by atoms with E-state index in [-0.39, 0.29) is 17.4 Å². The normalized spacial score (nSPS) is 19.5. The molecule has 0 radical (unpaired) electrons. The maximum atomic E-state index is 12.2. The zero-order chi connectivity index (χ0) is 13.9. The standard InChI is InChI=1S/C16H24N2O/c1-12(13-6-4-3-5-7-13)10-15(19)18-16(2,11-17)14-8-9-14/h3-7,12,14H,8-11,17H2,1-2H3,(H,18,19). The van der Waals surface area contributed by atoms with E-state index in [4.69, 9.17) is 5.73 Å². The predicted molar refractivity (Wildman–Crippen MR) is 77.8 cm³/mol. The summed E-state index contributed by atoms with van der Waals surface area (Å²) in [6.07, 6.45) is 2.89. The van der Waals surface area contributed by atoms with Crippen LogP contribution in [-0.4, -0.2) is 18.0 Å². The monoisotopic (exact) mass is 260 g/mol. The Morgan fingerprint density at radius 1 is 1.42 bits per heavy atom. The molecule has 1 aliphatic carbocycles. The summed E-state index contributed by atoms with van der Waals surface area (Å²) in [5.41, 5.74) is 6.82. The summed E-state index contributed by atoms with van der Waals surface area (Å²) in [6, 6.07) is 10.2. The molecular formula is C16H24N2O. The summed E-state index contributed by atoms with van der Waals surface area (Å²) in [7, 11) is 0. The zero-order valence-electron chi connectivity index (χ0n) is 11.9. The molecule has 1 aromatic rings. The lowest BCUT2D eigenvalue weighted by atomic mass is 9.93. The molecule has 0 aliphatic heterocycles. The van der Waals surface area contributed by atoms with Crippen molar-refractivity contribution in [3.05, 3.63) is 35.9 Å². The highest BCUT2D eigenvalue weighted by atomic mass is 16.1. The molecule has 1 aliphatic rings. The minimum atomic E-state index is -0.215. The Bertz CT molecular complexity index is 428. The van der Waals surface area contributed by atoms with Crippen molar-refractivity contribution in [2.24, 2.45) is 11.7 Å². The van der Waals surface area contributed by atoms with Gasteiger partial charge in [0.25, 0.3) is 0 Å². The number of benzene rings is 1. The third-order valence-electron chi connectivity index (χ3n) is 4.19. The smallest absolute Gasteiger partial charge is 0.221 e. The van der Waals surface area contributed by atoms with Gasteiger partial charge in [-0.25, -0.2) is 0 Å². The molecule has 1 amide bonds. The number of amides is 1. The molecule has 3 N–H and O–H groups in total. The Kier molecular flexibility index (Phi) is 4.25. The molecule has 0 bridgehead atoms. The summed E-state index contributed by atoms with van der Waals surface area (Å²) in [5, 5.41) is 3.14. The van der Waals surface area contributed by atoms with Crippen LogP contribution in [0.15, 0.2) is 30.3 Å². The van der Waals surface area contributed by atoms with Gasteiger partial charge in [0.15, 0.2) is 0 Å². The topological polar surface area (TPSA) is 55.1 Å². The number of rotatable bonds is 6. The quantitative estimate of drug-likeness (QED) is 0.825. The van der Waals surface area contributed by atoms with Gasteiger partial charge in [-0.15, -0.1) is 0 Å².